The number of benzene rings is 1. The summed E-state index contributed by atoms with van der Waals surface area (Å²) in [5.74, 6) is -0.565. The fourth-order valence-corrected chi connectivity index (χ4v) is 2.34. The Morgan fingerprint density at radius 3 is 2.17 bits per heavy atom. The van der Waals surface area contributed by atoms with Crippen molar-refractivity contribution in [2.75, 3.05) is 6.61 Å². The van der Waals surface area contributed by atoms with Gasteiger partial charge in [0.15, 0.2) is 0 Å². The molecule has 0 radical (unpaired) electrons. The Kier molecular flexibility index (Phi) is 9.13. The lowest BCUT2D eigenvalue weighted by atomic mass is 10.0. The first-order valence-electron chi connectivity index (χ1n) is 9.00. The molecular weight excluding hydrogens is 304 g/mol. The van der Waals surface area contributed by atoms with Gasteiger partial charge in [0.2, 0.25) is 0 Å². The Labute approximate surface area is 145 Å². The van der Waals surface area contributed by atoms with Crippen molar-refractivity contribution in [2.24, 2.45) is 5.92 Å². The van der Waals surface area contributed by atoms with Gasteiger partial charge in [-0.2, -0.15) is 0 Å². The molecule has 0 fully saturated rings. The molecule has 0 saturated heterocycles. The number of carbonyl (C=O) groups excluding carboxylic acids is 2. The maximum Gasteiger partial charge on any atom is 0.339 e. The van der Waals surface area contributed by atoms with Crippen LogP contribution in [0.3, 0.4) is 0 Å². The van der Waals surface area contributed by atoms with E-state index < -0.39 is 11.9 Å². The molecule has 0 aliphatic rings. The Bertz CT molecular complexity index is 524. The Hall–Kier alpha value is -1.84. The van der Waals surface area contributed by atoms with Crippen LogP contribution < -0.4 is 0 Å². The molecule has 1 aromatic rings. The zero-order chi connectivity index (χ0) is 17.9. The molecule has 0 bridgehead atoms. The van der Waals surface area contributed by atoms with Crippen molar-refractivity contribution >= 4 is 11.9 Å². The maximum atomic E-state index is 12.4. The monoisotopic (exact) mass is 334 g/mol. The minimum Gasteiger partial charge on any atom is -0.462 e. The van der Waals surface area contributed by atoms with E-state index in [1.807, 2.05) is 13.8 Å². The molecule has 1 rings (SSSR count). The van der Waals surface area contributed by atoms with E-state index in [1.54, 1.807) is 24.3 Å². The van der Waals surface area contributed by atoms with E-state index in [0.717, 1.165) is 32.1 Å². The molecule has 2 unspecified atom stereocenters. The number of hydrogen-bond acceptors (Lipinski definition) is 4. The molecule has 0 aromatic heterocycles. The summed E-state index contributed by atoms with van der Waals surface area (Å²) in [6.45, 7) is 8.42. The van der Waals surface area contributed by atoms with Gasteiger partial charge in [0.25, 0.3) is 0 Å². The molecule has 0 spiro atoms. The van der Waals surface area contributed by atoms with Crippen LogP contribution in [0.1, 0.15) is 80.5 Å². The van der Waals surface area contributed by atoms with E-state index in [-0.39, 0.29) is 17.2 Å². The zero-order valence-corrected chi connectivity index (χ0v) is 15.3. The van der Waals surface area contributed by atoms with Crippen LogP contribution in [0.15, 0.2) is 24.3 Å². The van der Waals surface area contributed by atoms with Gasteiger partial charge in [0, 0.05) is 0 Å². The fraction of sp³-hybridized carbons (Fsp3) is 0.600. The summed E-state index contributed by atoms with van der Waals surface area (Å²) < 4.78 is 10.8. The lowest BCUT2D eigenvalue weighted by molar-refractivity contribution is 0.0314. The predicted molar refractivity (Wildman–Crippen MR) is 95.2 cm³/mol. The van der Waals surface area contributed by atoms with Crippen molar-refractivity contribution in [3.63, 3.8) is 0 Å². The van der Waals surface area contributed by atoms with Crippen molar-refractivity contribution in [1.82, 2.24) is 0 Å². The Morgan fingerprint density at radius 1 is 1.00 bits per heavy atom. The van der Waals surface area contributed by atoms with E-state index in [9.17, 15) is 9.59 Å². The van der Waals surface area contributed by atoms with Crippen LogP contribution in [0.2, 0.25) is 0 Å². The average molecular weight is 334 g/mol. The standard InChI is InChI=1S/C20H30O4/c1-5-8-11-16(7-3)14-23-19(21)17-12-9-10-13-18(17)20(22)24-15(4)6-2/h9-10,12-13,15-16H,5-8,11,14H2,1-4H3. The number of ether oxygens (including phenoxy) is 2. The van der Waals surface area contributed by atoms with Crippen molar-refractivity contribution in [1.29, 1.82) is 0 Å². The third-order valence-corrected chi connectivity index (χ3v) is 4.24. The highest BCUT2D eigenvalue weighted by Gasteiger charge is 2.21. The van der Waals surface area contributed by atoms with Crippen LogP contribution in [0.25, 0.3) is 0 Å². The summed E-state index contributed by atoms with van der Waals surface area (Å²) in [7, 11) is 0. The molecule has 24 heavy (non-hydrogen) atoms. The number of esters is 2. The third-order valence-electron chi connectivity index (χ3n) is 4.24. The topological polar surface area (TPSA) is 52.6 Å². The second-order valence-electron chi connectivity index (χ2n) is 6.18. The van der Waals surface area contributed by atoms with Gasteiger partial charge < -0.3 is 9.47 Å². The van der Waals surface area contributed by atoms with Crippen LogP contribution in [0.5, 0.6) is 0 Å². The van der Waals surface area contributed by atoms with E-state index >= 15 is 0 Å². The summed E-state index contributed by atoms with van der Waals surface area (Å²) >= 11 is 0. The van der Waals surface area contributed by atoms with Crippen LogP contribution in [0, 0.1) is 5.92 Å². The van der Waals surface area contributed by atoms with Crippen LogP contribution in [-0.2, 0) is 9.47 Å². The summed E-state index contributed by atoms with van der Waals surface area (Å²) in [5, 5.41) is 0. The van der Waals surface area contributed by atoms with Crippen LogP contribution >= 0.6 is 0 Å². The molecule has 0 heterocycles. The third kappa shape index (κ3) is 6.34. The molecule has 0 saturated carbocycles. The predicted octanol–water partition coefficient (Wildman–Crippen LogP) is 5.02. The Balaban J connectivity index is 2.75. The summed E-state index contributed by atoms with van der Waals surface area (Å²) in [6, 6.07) is 6.67. The second kappa shape index (κ2) is 10.8. The summed E-state index contributed by atoms with van der Waals surface area (Å²) in [4.78, 5) is 24.6. The van der Waals surface area contributed by atoms with Crippen LogP contribution in [0.4, 0.5) is 0 Å². The molecule has 4 nitrogen and oxygen atoms in total. The molecule has 0 N–H and O–H groups in total. The number of carbonyl (C=O) groups is 2. The first-order valence-corrected chi connectivity index (χ1v) is 9.00. The zero-order valence-electron chi connectivity index (χ0n) is 15.3. The van der Waals surface area contributed by atoms with Gasteiger partial charge in [0.1, 0.15) is 0 Å². The molecule has 1 aromatic carbocycles. The van der Waals surface area contributed by atoms with E-state index in [2.05, 4.69) is 13.8 Å². The number of rotatable bonds is 10. The van der Waals surface area contributed by atoms with Gasteiger partial charge in [-0.25, -0.2) is 9.59 Å². The van der Waals surface area contributed by atoms with Gasteiger partial charge in [-0.1, -0.05) is 52.2 Å². The van der Waals surface area contributed by atoms with E-state index in [0.29, 0.717) is 12.5 Å². The van der Waals surface area contributed by atoms with Gasteiger partial charge in [0.05, 0.1) is 23.8 Å². The fourth-order valence-electron chi connectivity index (χ4n) is 2.34. The molecule has 2 atom stereocenters. The summed E-state index contributed by atoms with van der Waals surface area (Å²) in [5.41, 5.74) is 0.542. The maximum absolute atomic E-state index is 12.4. The molecule has 0 aliphatic heterocycles. The normalized spacial score (nSPS) is 13.2. The lowest BCUT2D eigenvalue weighted by Gasteiger charge is -2.16. The molecular formula is C20H30O4. The lowest BCUT2D eigenvalue weighted by Crippen LogP contribution is -2.19. The smallest absolute Gasteiger partial charge is 0.339 e. The number of unbranched alkanes of at least 4 members (excludes halogenated alkanes) is 1. The van der Waals surface area contributed by atoms with Crippen molar-refractivity contribution in [2.45, 2.75) is 65.9 Å². The highest BCUT2D eigenvalue weighted by Crippen LogP contribution is 2.17. The van der Waals surface area contributed by atoms with Gasteiger partial charge >= 0.3 is 11.9 Å². The number of hydrogen-bond donors (Lipinski definition) is 0. The minimum atomic E-state index is -0.477. The van der Waals surface area contributed by atoms with Crippen molar-refractivity contribution in [3.8, 4) is 0 Å². The average Bonchev–Trinajstić information content (AvgIpc) is 2.61. The summed E-state index contributed by atoms with van der Waals surface area (Å²) in [6.07, 6.45) is 4.85. The first-order chi connectivity index (χ1) is 11.5. The largest absolute Gasteiger partial charge is 0.462 e. The highest BCUT2D eigenvalue weighted by atomic mass is 16.5. The van der Waals surface area contributed by atoms with E-state index in [1.165, 1.54) is 0 Å². The van der Waals surface area contributed by atoms with E-state index in [4.69, 9.17) is 9.47 Å². The van der Waals surface area contributed by atoms with Gasteiger partial charge in [-0.05, 0) is 37.8 Å². The molecule has 134 valence electrons. The second-order valence-corrected chi connectivity index (χ2v) is 6.18. The SMILES string of the molecule is CCCCC(CC)COC(=O)c1ccccc1C(=O)OC(C)CC. The van der Waals surface area contributed by atoms with Crippen molar-refractivity contribution < 1.29 is 19.1 Å². The molecule has 0 aliphatic carbocycles. The van der Waals surface area contributed by atoms with Gasteiger partial charge in [-0.15, -0.1) is 0 Å². The molecule has 4 heteroatoms. The highest BCUT2D eigenvalue weighted by molar-refractivity contribution is 6.03. The Morgan fingerprint density at radius 2 is 1.62 bits per heavy atom. The van der Waals surface area contributed by atoms with Gasteiger partial charge in [-0.3, -0.25) is 0 Å². The first kappa shape index (κ1) is 20.2. The quantitative estimate of drug-likeness (QED) is 0.564. The van der Waals surface area contributed by atoms with Crippen LogP contribution in [-0.4, -0.2) is 24.6 Å². The van der Waals surface area contributed by atoms with Crippen molar-refractivity contribution in [3.05, 3.63) is 35.4 Å². The minimum absolute atomic E-state index is 0.180. The molecule has 0 amide bonds.